The molecule has 0 bridgehead atoms. The second-order valence-electron chi connectivity index (χ2n) is 7.09. The number of aromatic hydroxyl groups is 1. The Kier molecular flexibility index (Phi) is 9.69. The zero-order valence-corrected chi connectivity index (χ0v) is 23.4. The van der Waals surface area contributed by atoms with Gasteiger partial charge in [0.1, 0.15) is 11.3 Å². The van der Waals surface area contributed by atoms with E-state index in [0.717, 1.165) is 14.2 Å². The molecule has 0 atom stereocenters. The number of esters is 2. The van der Waals surface area contributed by atoms with E-state index in [-0.39, 0.29) is 74.3 Å². The number of fused-ring (bicyclic) bond motifs is 1. The zero-order valence-electron chi connectivity index (χ0n) is 21.4. The number of hydrogen-bond acceptors (Lipinski definition) is 10. The van der Waals surface area contributed by atoms with Gasteiger partial charge in [0.25, 0.3) is 0 Å². The molecule has 1 N–H and O–H groups in total. The summed E-state index contributed by atoms with van der Waals surface area (Å²) in [7, 11) is 9.49. The summed E-state index contributed by atoms with van der Waals surface area (Å²) >= 11 is 0. The van der Waals surface area contributed by atoms with E-state index in [2.05, 4.69) is 0 Å². The number of benzene rings is 3. The molecule has 3 rings (SSSR count). The fraction of sp³-hybridized carbons (Fsp3) is 0.280. The van der Waals surface area contributed by atoms with Crippen molar-refractivity contribution < 1.29 is 77.4 Å². The molecule has 3 aromatic carbocycles. The van der Waals surface area contributed by atoms with Crippen molar-refractivity contribution in [3.05, 3.63) is 35.4 Å². The molecule has 0 saturated carbocycles. The number of phenolic OH excluding ortho intramolecular Hbond substituents is 1. The van der Waals surface area contributed by atoms with Gasteiger partial charge in [0.05, 0.1) is 55.3 Å². The molecule has 0 aromatic heterocycles. The van der Waals surface area contributed by atoms with Gasteiger partial charge < -0.3 is 38.3 Å². The second kappa shape index (κ2) is 12.1. The minimum Gasteiger partial charge on any atom is -0.506 e. The molecule has 0 heterocycles. The van der Waals surface area contributed by atoms with Crippen LogP contribution in [-0.2, 0) is 9.47 Å². The molecule has 0 aliphatic rings. The first-order valence-corrected chi connectivity index (χ1v) is 10.2. The second-order valence-corrected chi connectivity index (χ2v) is 7.09. The van der Waals surface area contributed by atoms with Crippen molar-refractivity contribution in [2.45, 2.75) is 0 Å². The van der Waals surface area contributed by atoms with Crippen molar-refractivity contribution in [2.75, 3.05) is 49.8 Å². The van der Waals surface area contributed by atoms with Crippen molar-refractivity contribution in [3.63, 3.8) is 0 Å². The molecule has 3 aromatic rings. The molecule has 36 heavy (non-hydrogen) atoms. The number of phenols is 1. The van der Waals surface area contributed by atoms with E-state index in [1.165, 1.54) is 41.6 Å². The Labute approximate surface area is 230 Å². The van der Waals surface area contributed by atoms with Gasteiger partial charge >= 0.3 is 41.5 Å². The van der Waals surface area contributed by atoms with Crippen LogP contribution in [0.3, 0.4) is 0 Å². The minimum absolute atomic E-state index is 0. The van der Waals surface area contributed by atoms with Gasteiger partial charge in [-0.2, -0.15) is 0 Å². The monoisotopic (exact) mass is 509 g/mol. The summed E-state index contributed by atoms with van der Waals surface area (Å²) in [5.74, 6) is -0.944. The van der Waals surface area contributed by atoms with Crippen LogP contribution in [0.4, 0.5) is 0 Å². The summed E-state index contributed by atoms with van der Waals surface area (Å²) in [6, 6.07) is 6.40. The summed E-state index contributed by atoms with van der Waals surface area (Å²) in [6.07, 6.45) is 0. The number of carbonyl (C=O) groups is 2. The van der Waals surface area contributed by atoms with Crippen molar-refractivity contribution in [3.8, 4) is 45.6 Å². The third kappa shape index (κ3) is 4.71. The molecule has 0 saturated heterocycles. The molecular formula is C25H26NaO10+. The Balaban J connectivity index is 0.00000456. The molecule has 0 aliphatic carbocycles. The van der Waals surface area contributed by atoms with Gasteiger partial charge in [-0.15, -0.1) is 0 Å². The minimum atomic E-state index is -0.944. The average molecular weight is 509 g/mol. The van der Waals surface area contributed by atoms with E-state index < -0.39 is 17.7 Å². The van der Waals surface area contributed by atoms with Crippen LogP contribution in [0, 0.1) is 0 Å². The van der Waals surface area contributed by atoms with Crippen LogP contribution in [0.1, 0.15) is 20.7 Å². The number of carbonyl (C=O) groups excluding carboxylic acids is 2. The van der Waals surface area contributed by atoms with E-state index in [1.807, 2.05) is 0 Å². The summed E-state index contributed by atoms with van der Waals surface area (Å²) < 4.78 is 37.3. The number of ether oxygens (including phenoxy) is 7. The van der Waals surface area contributed by atoms with Gasteiger partial charge in [0.2, 0.25) is 5.75 Å². The Morgan fingerprint density at radius 2 is 1.22 bits per heavy atom. The largest absolute Gasteiger partial charge is 1.00 e. The molecule has 0 unspecified atom stereocenters. The van der Waals surface area contributed by atoms with Gasteiger partial charge in [-0.25, -0.2) is 9.59 Å². The van der Waals surface area contributed by atoms with E-state index >= 15 is 0 Å². The van der Waals surface area contributed by atoms with Crippen LogP contribution < -0.4 is 53.2 Å². The van der Waals surface area contributed by atoms with E-state index in [0.29, 0.717) is 17.1 Å². The Bertz CT molecular complexity index is 1300. The molecule has 0 aliphatic heterocycles. The predicted molar refractivity (Wildman–Crippen MR) is 126 cm³/mol. The maximum atomic E-state index is 13.1. The SMILES string of the molecule is COC(=O)c1c(C(=O)OC)c(-c2ccc(OC)c(OC)c2)c2c(OC)c(OC)c(OC)cc2c1O.[Na+]. The van der Waals surface area contributed by atoms with Gasteiger partial charge in [0, 0.05) is 16.3 Å². The van der Waals surface area contributed by atoms with Crippen molar-refractivity contribution >= 4 is 22.7 Å². The van der Waals surface area contributed by atoms with Crippen LogP contribution in [-0.4, -0.2) is 66.8 Å². The maximum Gasteiger partial charge on any atom is 1.00 e. The first-order valence-electron chi connectivity index (χ1n) is 10.2. The van der Waals surface area contributed by atoms with Crippen LogP contribution in [0.5, 0.6) is 34.5 Å². The molecule has 10 nitrogen and oxygen atoms in total. The first-order chi connectivity index (χ1) is 16.8. The summed E-state index contributed by atoms with van der Waals surface area (Å²) in [5.41, 5.74) is 0.0283. The third-order valence-corrected chi connectivity index (χ3v) is 5.52. The van der Waals surface area contributed by atoms with Crippen molar-refractivity contribution in [2.24, 2.45) is 0 Å². The number of methoxy groups -OCH3 is 7. The summed E-state index contributed by atoms with van der Waals surface area (Å²) in [5, 5.41) is 11.6. The quantitative estimate of drug-likeness (QED) is 0.346. The van der Waals surface area contributed by atoms with Crippen LogP contribution >= 0.6 is 0 Å². The molecular weight excluding hydrogens is 483 g/mol. The normalized spacial score (nSPS) is 10.2. The third-order valence-electron chi connectivity index (χ3n) is 5.52. The van der Waals surface area contributed by atoms with Crippen molar-refractivity contribution in [1.82, 2.24) is 0 Å². The standard InChI is InChI=1S/C25H26O10.Na/c1-29-14-9-8-12(10-15(14)30-2)17-18-13(11-16(31-3)22(32-4)23(18)33-5)21(26)20(25(28)35-7)19(17)24(27)34-6;/h8-11,26H,1-7H3;/q;+1. The fourth-order valence-corrected chi connectivity index (χ4v) is 3.98. The van der Waals surface area contributed by atoms with E-state index in [9.17, 15) is 14.7 Å². The molecule has 0 amide bonds. The fourth-order valence-electron chi connectivity index (χ4n) is 3.98. The number of hydrogen-bond donors (Lipinski definition) is 1. The maximum absolute atomic E-state index is 13.1. The molecule has 0 spiro atoms. The number of rotatable bonds is 8. The van der Waals surface area contributed by atoms with Crippen molar-refractivity contribution in [1.29, 1.82) is 0 Å². The molecule has 11 heteroatoms. The Morgan fingerprint density at radius 3 is 1.72 bits per heavy atom. The van der Waals surface area contributed by atoms with Crippen LogP contribution in [0.2, 0.25) is 0 Å². The van der Waals surface area contributed by atoms with Crippen LogP contribution in [0.15, 0.2) is 24.3 Å². The summed E-state index contributed by atoms with van der Waals surface area (Å²) in [4.78, 5) is 25.9. The van der Waals surface area contributed by atoms with Crippen LogP contribution in [0.25, 0.3) is 21.9 Å². The van der Waals surface area contributed by atoms with Gasteiger partial charge in [-0.3, -0.25) is 0 Å². The zero-order chi connectivity index (χ0) is 25.9. The summed E-state index contributed by atoms with van der Waals surface area (Å²) in [6.45, 7) is 0. The van der Waals surface area contributed by atoms with E-state index in [1.54, 1.807) is 18.2 Å². The van der Waals surface area contributed by atoms with Gasteiger partial charge in [-0.05, 0) is 23.8 Å². The van der Waals surface area contributed by atoms with Gasteiger partial charge in [-0.1, -0.05) is 6.07 Å². The van der Waals surface area contributed by atoms with Gasteiger partial charge in [0.15, 0.2) is 23.0 Å². The van der Waals surface area contributed by atoms with E-state index in [4.69, 9.17) is 33.2 Å². The first kappa shape index (κ1) is 28.9. The average Bonchev–Trinajstić information content (AvgIpc) is 2.90. The molecule has 186 valence electrons. The smallest absolute Gasteiger partial charge is 0.506 e. The predicted octanol–water partition coefficient (Wildman–Crippen LogP) is 0.833. The Morgan fingerprint density at radius 1 is 0.667 bits per heavy atom. The topological polar surface area (TPSA) is 119 Å². The molecule has 0 fully saturated rings. The molecule has 0 radical (unpaired) electrons. The Hall–Kier alpha value is -3.34.